The number of hydrogen-bond acceptors (Lipinski definition) is 5. The minimum atomic E-state index is -0.0251. The average molecular weight is 377 g/mol. The lowest BCUT2D eigenvalue weighted by Crippen LogP contribution is -2.49. The molecular weight excluding hydrogens is 354 g/mol. The number of hydrogen-bond donors (Lipinski definition) is 0. The summed E-state index contributed by atoms with van der Waals surface area (Å²) in [7, 11) is 1.67. The normalized spacial score (nSPS) is 14.2. The Morgan fingerprint density at radius 1 is 1.04 bits per heavy atom. The van der Waals surface area contributed by atoms with E-state index in [0.717, 1.165) is 30.1 Å². The van der Waals surface area contributed by atoms with Gasteiger partial charge in [0.25, 0.3) is 5.91 Å². The van der Waals surface area contributed by atoms with Crippen molar-refractivity contribution in [3.05, 3.63) is 65.9 Å². The van der Waals surface area contributed by atoms with Crippen molar-refractivity contribution in [1.82, 2.24) is 10.1 Å². The molecule has 1 aromatic heterocycles. The van der Waals surface area contributed by atoms with E-state index < -0.39 is 0 Å². The van der Waals surface area contributed by atoms with Gasteiger partial charge in [-0.15, -0.1) is 0 Å². The maximum atomic E-state index is 13.2. The third-order valence-electron chi connectivity index (χ3n) is 5.11. The summed E-state index contributed by atoms with van der Waals surface area (Å²) in [6.45, 7) is 4.62. The zero-order valence-corrected chi connectivity index (χ0v) is 16.1. The van der Waals surface area contributed by atoms with Gasteiger partial charge in [-0.25, -0.2) is 0 Å². The number of amides is 1. The molecule has 2 heterocycles. The Balaban J connectivity index is 1.50. The van der Waals surface area contributed by atoms with E-state index in [1.165, 1.54) is 0 Å². The van der Waals surface area contributed by atoms with E-state index in [4.69, 9.17) is 9.26 Å². The number of aryl methyl sites for hydroxylation is 1. The lowest BCUT2D eigenvalue weighted by Gasteiger charge is -2.36. The molecule has 0 N–H and O–H groups in total. The molecule has 1 amide bonds. The van der Waals surface area contributed by atoms with Gasteiger partial charge in [0, 0.05) is 43.5 Å². The van der Waals surface area contributed by atoms with Gasteiger partial charge < -0.3 is 19.1 Å². The van der Waals surface area contributed by atoms with E-state index >= 15 is 0 Å². The Morgan fingerprint density at radius 2 is 1.79 bits per heavy atom. The van der Waals surface area contributed by atoms with Gasteiger partial charge in [-0.05, 0) is 19.1 Å². The lowest BCUT2D eigenvalue weighted by molar-refractivity contribution is 0.0745. The number of rotatable bonds is 4. The SMILES string of the molecule is COc1cccc(N2CCN(C(=O)c3c(-c4ccccc4)noc3C)CC2)c1. The highest BCUT2D eigenvalue weighted by atomic mass is 16.5. The average Bonchev–Trinajstić information content (AvgIpc) is 3.15. The van der Waals surface area contributed by atoms with Crippen LogP contribution in [0.25, 0.3) is 11.3 Å². The fraction of sp³-hybridized carbons (Fsp3) is 0.273. The molecule has 1 aliphatic heterocycles. The zero-order chi connectivity index (χ0) is 19.5. The molecule has 6 heteroatoms. The summed E-state index contributed by atoms with van der Waals surface area (Å²) >= 11 is 0. The predicted molar refractivity (Wildman–Crippen MR) is 108 cm³/mol. The molecule has 0 aliphatic carbocycles. The Bertz CT molecular complexity index is 960. The summed E-state index contributed by atoms with van der Waals surface area (Å²) < 4.78 is 10.7. The van der Waals surface area contributed by atoms with Gasteiger partial charge in [0.15, 0.2) is 0 Å². The molecule has 0 radical (unpaired) electrons. The van der Waals surface area contributed by atoms with Gasteiger partial charge in [0.2, 0.25) is 0 Å². The zero-order valence-electron chi connectivity index (χ0n) is 16.1. The smallest absolute Gasteiger partial charge is 0.259 e. The largest absolute Gasteiger partial charge is 0.497 e. The Labute approximate surface area is 164 Å². The van der Waals surface area contributed by atoms with Crippen LogP contribution in [0.5, 0.6) is 5.75 Å². The quantitative estimate of drug-likeness (QED) is 0.695. The van der Waals surface area contributed by atoms with E-state index in [2.05, 4.69) is 16.1 Å². The number of methoxy groups -OCH3 is 1. The number of benzene rings is 2. The molecule has 4 rings (SSSR count). The van der Waals surface area contributed by atoms with Crippen molar-refractivity contribution < 1.29 is 14.1 Å². The molecule has 6 nitrogen and oxygen atoms in total. The van der Waals surface area contributed by atoms with E-state index in [0.29, 0.717) is 30.1 Å². The number of ether oxygens (including phenoxy) is 1. The summed E-state index contributed by atoms with van der Waals surface area (Å²) in [6, 6.07) is 17.7. The molecule has 1 aliphatic rings. The first kappa shape index (κ1) is 18.1. The van der Waals surface area contributed by atoms with Crippen molar-refractivity contribution >= 4 is 11.6 Å². The van der Waals surface area contributed by atoms with Crippen molar-refractivity contribution in [2.45, 2.75) is 6.92 Å². The van der Waals surface area contributed by atoms with Crippen molar-refractivity contribution in [2.75, 3.05) is 38.2 Å². The maximum absolute atomic E-state index is 13.2. The van der Waals surface area contributed by atoms with Crippen LogP contribution in [0.1, 0.15) is 16.1 Å². The highest BCUT2D eigenvalue weighted by Gasteiger charge is 2.28. The number of piperazine rings is 1. The number of carbonyl (C=O) groups is 1. The second-order valence-electron chi connectivity index (χ2n) is 6.81. The summed E-state index contributed by atoms with van der Waals surface area (Å²) in [6.07, 6.45) is 0. The van der Waals surface area contributed by atoms with Crippen molar-refractivity contribution in [3.8, 4) is 17.0 Å². The first-order chi connectivity index (χ1) is 13.7. The van der Waals surface area contributed by atoms with Crippen LogP contribution in [0.3, 0.4) is 0 Å². The summed E-state index contributed by atoms with van der Waals surface area (Å²) in [5.74, 6) is 1.37. The standard InChI is InChI=1S/C22H23N3O3/c1-16-20(21(23-28-16)17-7-4-3-5-8-17)22(26)25-13-11-24(12-14-25)18-9-6-10-19(15-18)27-2/h3-10,15H,11-14H2,1-2H3. The maximum Gasteiger partial charge on any atom is 0.259 e. The number of nitrogens with zero attached hydrogens (tertiary/aromatic N) is 3. The van der Waals surface area contributed by atoms with Gasteiger partial charge in [-0.1, -0.05) is 41.6 Å². The van der Waals surface area contributed by atoms with Gasteiger partial charge in [0.1, 0.15) is 22.8 Å². The third kappa shape index (κ3) is 3.45. The number of aromatic nitrogens is 1. The lowest BCUT2D eigenvalue weighted by atomic mass is 10.0. The van der Waals surface area contributed by atoms with Gasteiger partial charge >= 0.3 is 0 Å². The van der Waals surface area contributed by atoms with Crippen LogP contribution in [0.15, 0.2) is 59.1 Å². The van der Waals surface area contributed by atoms with Gasteiger partial charge in [0.05, 0.1) is 7.11 Å². The second kappa shape index (κ2) is 7.76. The predicted octanol–water partition coefficient (Wildman–Crippen LogP) is 3.62. The Kier molecular flexibility index (Phi) is 5.02. The molecule has 144 valence electrons. The molecule has 0 unspecified atom stereocenters. The van der Waals surface area contributed by atoms with Crippen LogP contribution in [0.4, 0.5) is 5.69 Å². The molecule has 0 spiro atoms. The van der Waals surface area contributed by atoms with Crippen LogP contribution >= 0.6 is 0 Å². The summed E-state index contributed by atoms with van der Waals surface area (Å²) in [4.78, 5) is 17.4. The number of carbonyl (C=O) groups excluding carboxylic acids is 1. The molecule has 0 bridgehead atoms. The van der Waals surface area contributed by atoms with E-state index in [1.54, 1.807) is 14.0 Å². The van der Waals surface area contributed by atoms with Crippen LogP contribution < -0.4 is 9.64 Å². The minimum Gasteiger partial charge on any atom is -0.497 e. The second-order valence-corrected chi connectivity index (χ2v) is 6.81. The summed E-state index contributed by atoms with van der Waals surface area (Å²) in [5.41, 5.74) is 3.16. The molecular formula is C22H23N3O3. The van der Waals surface area contributed by atoms with Crippen molar-refractivity contribution in [3.63, 3.8) is 0 Å². The first-order valence-corrected chi connectivity index (χ1v) is 9.37. The van der Waals surface area contributed by atoms with Crippen LogP contribution in [0, 0.1) is 6.92 Å². The van der Waals surface area contributed by atoms with E-state index in [9.17, 15) is 4.79 Å². The van der Waals surface area contributed by atoms with Crippen LogP contribution in [-0.4, -0.2) is 49.3 Å². The van der Waals surface area contributed by atoms with E-state index in [1.807, 2.05) is 53.4 Å². The minimum absolute atomic E-state index is 0.0251. The monoisotopic (exact) mass is 377 g/mol. The van der Waals surface area contributed by atoms with Gasteiger partial charge in [-0.2, -0.15) is 0 Å². The van der Waals surface area contributed by atoms with Gasteiger partial charge in [-0.3, -0.25) is 4.79 Å². The summed E-state index contributed by atoms with van der Waals surface area (Å²) in [5, 5.41) is 4.14. The Morgan fingerprint density at radius 3 is 2.50 bits per heavy atom. The van der Waals surface area contributed by atoms with Crippen molar-refractivity contribution in [2.24, 2.45) is 0 Å². The third-order valence-corrected chi connectivity index (χ3v) is 5.11. The molecule has 0 saturated carbocycles. The Hall–Kier alpha value is -3.28. The molecule has 0 atom stereocenters. The highest BCUT2D eigenvalue weighted by molar-refractivity contribution is 6.00. The van der Waals surface area contributed by atoms with E-state index in [-0.39, 0.29) is 5.91 Å². The highest BCUT2D eigenvalue weighted by Crippen LogP contribution is 2.27. The van der Waals surface area contributed by atoms with Crippen LogP contribution in [0.2, 0.25) is 0 Å². The molecule has 1 saturated heterocycles. The molecule has 2 aromatic carbocycles. The molecule has 3 aromatic rings. The van der Waals surface area contributed by atoms with Crippen molar-refractivity contribution in [1.29, 1.82) is 0 Å². The molecule has 1 fully saturated rings. The number of anilines is 1. The fourth-order valence-electron chi connectivity index (χ4n) is 3.55. The molecule has 28 heavy (non-hydrogen) atoms. The fourth-order valence-corrected chi connectivity index (χ4v) is 3.55. The first-order valence-electron chi connectivity index (χ1n) is 9.37. The topological polar surface area (TPSA) is 58.8 Å². The van der Waals surface area contributed by atoms with Crippen LogP contribution in [-0.2, 0) is 0 Å².